The molecule has 2 amide bonds. The lowest BCUT2D eigenvalue weighted by Crippen LogP contribution is -2.34. The number of halogens is 2. The van der Waals surface area contributed by atoms with Gasteiger partial charge in [0.1, 0.15) is 5.75 Å². The third-order valence-corrected chi connectivity index (χ3v) is 5.28. The molecule has 0 aliphatic rings. The molecule has 0 bridgehead atoms. The van der Waals surface area contributed by atoms with Crippen molar-refractivity contribution in [3.05, 3.63) is 82.0 Å². The van der Waals surface area contributed by atoms with Gasteiger partial charge in [0.2, 0.25) is 17.7 Å². The number of nitrogens with one attached hydrogen (secondary N) is 1. The highest BCUT2D eigenvalue weighted by molar-refractivity contribution is 6.42. The summed E-state index contributed by atoms with van der Waals surface area (Å²) < 4.78 is 5.63. The van der Waals surface area contributed by atoms with Gasteiger partial charge in [-0.25, -0.2) is 4.98 Å². The van der Waals surface area contributed by atoms with E-state index in [1.807, 2.05) is 0 Å². The molecule has 0 saturated heterocycles. The summed E-state index contributed by atoms with van der Waals surface area (Å²) in [5.41, 5.74) is 6.00. The van der Waals surface area contributed by atoms with Crippen LogP contribution in [0.25, 0.3) is 0 Å². The van der Waals surface area contributed by atoms with Crippen molar-refractivity contribution >= 4 is 40.7 Å². The first kappa shape index (κ1) is 21.6. The summed E-state index contributed by atoms with van der Waals surface area (Å²) in [4.78, 5) is 28.3. The van der Waals surface area contributed by atoms with Crippen molar-refractivity contribution in [2.45, 2.75) is 19.3 Å². The minimum absolute atomic E-state index is 0.231. The minimum atomic E-state index is -0.849. The summed E-state index contributed by atoms with van der Waals surface area (Å²) in [7, 11) is 0. The van der Waals surface area contributed by atoms with Crippen LogP contribution in [0.1, 0.15) is 29.8 Å². The summed E-state index contributed by atoms with van der Waals surface area (Å²) in [6.45, 7) is 3.58. The smallest absolute Gasteiger partial charge is 0.248 e. The lowest BCUT2D eigenvalue weighted by atomic mass is 9.83. The Morgan fingerprint density at radius 3 is 2.43 bits per heavy atom. The molecule has 3 N–H and O–H groups in total. The SMILES string of the molecule is CC(C)(C(=O)Nc1ccc(Oc2cccc(C(N)=O)c2)nc1)c1ccc(Cl)c(Cl)c1. The number of primary amides is 1. The number of hydrogen-bond donors (Lipinski definition) is 2. The molecule has 6 nitrogen and oxygen atoms in total. The standard InChI is InChI=1S/C22H19Cl2N3O3/c1-22(2,14-6-8-17(23)18(24)11-14)21(29)27-15-7-9-19(26-12-15)30-16-5-3-4-13(10-16)20(25)28/h3-12H,1-2H3,(H2,25,28)(H,27,29). The predicted molar refractivity (Wildman–Crippen MR) is 117 cm³/mol. The van der Waals surface area contributed by atoms with Crippen molar-refractivity contribution in [2.24, 2.45) is 5.73 Å². The quantitative estimate of drug-likeness (QED) is 0.547. The van der Waals surface area contributed by atoms with E-state index in [0.717, 1.165) is 5.56 Å². The number of amides is 2. The van der Waals surface area contributed by atoms with Crippen molar-refractivity contribution in [3.8, 4) is 11.6 Å². The molecule has 0 unspecified atom stereocenters. The van der Waals surface area contributed by atoms with E-state index in [4.69, 9.17) is 33.7 Å². The van der Waals surface area contributed by atoms with Gasteiger partial charge in [0.25, 0.3) is 0 Å². The van der Waals surface area contributed by atoms with Crippen molar-refractivity contribution in [1.29, 1.82) is 0 Å². The van der Waals surface area contributed by atoms with Crippen LogP contribution < -0.4 is 15.8 Å². The van der Waals surface area contributed by atoms with E-state index < -0.39 is 11.3 Å². The first-order valence-electron chi connectivity index (χ1n) is 8.97. The summed E-state index contributed by atoms with van der Waals surface area (Å²) in [5, 5.41) is 3.65. The number of nitrogens with zero attached hydrogens (tertiary/aromatic N) is 1. The minimum Gasteiger partial charge on any atom is -0.439 e. The number of anilines is 1. The van der Waals surface area contributed by atoms with Gasteiger partial charge in [0, 0.05) is 11.6 Å². The van der Waals surface area contributed by atoms with E-state index in [1.54, 1.807) is 62.4 Å². The van der Waals surface area contributed by atoms with Crippen LogP contribution >= 0.6 is 23.2 Å². The Hall–Kier alpha value is -3.09. The average Bonchev–Trinajstić information content (AvgIpc) is 2.71. The first-order valence-corrected chi connectivity index (χ1v) is 9.73. The van der Waals surface area contributed by atoms with E-state index in [0.29, 0.717) is 32.9 Å². The van der Waals surface area contributed by atoms with E-state index in [-0.39, 0.29) is 5.91 Å². The lowest BCUT2D eigenvalue weighted by Gasteiger charge is -2.24. The second-order valence-corrected chi connectivity index (χ2v) is 7.90. The molecule has 1 heterocycles. The molecule has 0 radical (unpaired) electrons. The van der Waals surface area contributed by atoms with Crippen molar-refractivity contribution in [2.75, 3.05) is 5.32 Å². The highest BCUT2D eigenvalue weighted by atomic mass is 35.5. The Bertz CT molecular complexity index is 1100. The zero-order valence-corrected chi connectivity index (χ0v) is 17.8. The molecule has 0 saturated carbocycles. The van der Waals surface area contributed by atoms with E-state index in [1.165, 1.54) is 12.3 Å². The Balaban J connectivity index is 1.70. The topological polar surface area (TPSA) is 94.3 Å². The van der Waals surface area contributed by atoms with Gasteiger partial charge < -0.3 is 15.8 Å². The van der Waals surface area contributed by atoms with Crippen LogP contribution in [0.3, 0.4) is 0 Å². The van der Waals surface area contributed by atoms with Gasteiger partial charge in [-0.15, -0.1) is 0 Å². The molecular weight excluding hydrogens is 425 g/mol. The number of rotatable bonds is 6. The van der Waals surface area contributed by atoms with Crippen molar-refractivity contribution < 1.29 is 14.3 Å². The zero-order chi connectivity index (χ0) is 21.9. The third kappa shape index (κ3) is 4.90. The molecule has 2 aromatic carbocycles. The molecule has 1 aromatic heterocycles. The maximum atomic E-state index is 12.8. The number of ether oxygens (including phenoxy) is 1. The summed E-state index contributed by atoms with van der Waals surface area (Å²) in [6, 6.07) is 14.9. The molecule has 0 aliphatic carbocycles. The van der Waals surface area contributed by atoms with Crippen LogP contribution in [-0.2, 0) is 10.2 Å². The summed E-state index contributed by atoms with van der Waals surface area (Å²) >= 11 is 12.0. The molecule has 0 spiro atoms. The third-order valence-electron chi connectivity index (χ3n) is 4.54. The van der Waals surface area contributed by atoms with Gasteiger partial charge in [-0.2, -0.15) is 0 Å². The number of benzene rings is 2. The largest absolute Gasteiger partial charge is 0.439 e. The highest BCUT2D eigenvalue weighted by Crippen LogP contribution is 2.31. The van der Waals surface area contributed by atoms with Crippen LogP contribution in [0.4, 0.5) is 5.69 Å². The number of carbonyl (C=O) groups excluding carboxylic acids is 2. The lowest BCUT2D eigenvalue weighted by molar-refractivity contribution is -0.120. The van der Waals surface area contributed by atoms with Gasteiger partial charge >= 0.3 is 0 Å². The number of aromatic nitrogens is 1. The Labute approximate surface area is 184 Å². The first-order chi connectivity index (χ1) is 14.2. The van der Waals surface area contributed by atoms with Gasteiger partial charge in [-0.05, 0) is 55.8 Å². The van der Waals surface area contributed by atoms with Gasteiger partial charge in [-0.3, -0.25) is 9.59 Å². The predicted octanol–water partition coefficient (Wildman–Crippen LogP) is 5.20. The number of nitrogens with two attached hydrogens (primary N) is 1. The number of pyridine rings is 1. The molecule has 3 aromatic rings. The Kier molecular flexibility index (Phi) is 6.29. The molecule has 0 aliphatic heterocycles. The number of carbonyl (C=O) groups is 2. The van der Waals surface area contributed by atoms with Crippen LogP contribution in [0.2, 0.25) is 10.0 Å². The fourth-order valence-electron chi connectivity index (χ4n) is 2.65. The molecule has 8 heteroatoms. The maximum absolute atomic E-state index is 12.8. The molecule has 30 heavy (non-hydrogen) atoms. The second kappa shape index (κ2) is 8.73. The van der Waals surface area contributed by atoms with Crippen LogP contribution in [-0.4, -0.2) is 16.8 Å². The Morgan fingerprint density at radius 1 is 1.03 bits per heavy atom. The van der Waals surface area contributed by atoms with Gasteiger partial charge in [0.05, 0.1) is 27.3 Å². The molecule has 3 rings (SSSR count). The van der Waals surface area contributed by atoms with Gasteiger partial charge in [-0.1, -0.05) is 35.3 Å². The van der Waals surface area contributed by atoms with E-state index >= 15 is 0 Å². The maximum Gasteiger partial charge on any atom is 0.248 e. The molecule has 154 valence electrons. The highest BCUT2D eigenvalue weighted by Gasteiger charge is 2.30. The molecule has 0 atom stereocenters. The summed E-state index contributed by atoms with van der Waals surface area (Å²) in [5.74, 6) is -0.0451. The zero-order valence-electron chi connectivity index (χ0n) is 16.3. The summed E-state index contributed by atoms with van der Waals surface area (Å²) in [6.07, 6.45) is 1.48. The number of hydrogen-bond acceptors (Lipinski definition) is 4. The monoisotopic (exact) mass is 443 g/mol. The van der Waals surface area contributed by atoms with Crippen molar-refractivity contribution in [3.63, 3.8) is 0 Å². The van der Waals surface area contributed by atoms with Crippen LogP contribution in [0, 0.1) is 0 Å². The van der Waals surface area contributed by atoms with Gasteiger partial charge in [0.15, 0.2) is 0 Å². The molecule has 0 fully saturated rings. The fourth-order valence-corrected chi connectivity index (χ4v) is 2.95. The van der Waals surface area contributed by atoms with E-state index in [2.05, 4.69) is 10.3 Å². The molecular formula is C22H19Cl2N3O3. The Morgan fingerprint density at radius 2 is 1.80 bits per heavy atom. The fraction of sp³-hybridized carbons (Fsp3) is 0.136. The normalized spacial score (nSPS) is 11.1. The average molecular weight is 444 g/mol. The van der Waals surface area contributed by atoms with Crippen LogP contribution in [0.15, 0.2) is 60.8 Å². The van der Waals surface area contributed by atoms with Crippen molar-refractivity contribution in [1.82, 2.24) is 4.98 Å². The van der Waals surface area contributed by atoms with E-state index in [9.17, 15) is 9.59 Å². The van der Waals surface area contributed by atoms with Crippen LogP contribution in [0.5, 0.6) is 11.6 Å². The second-order valence-electron chi connectivity index (χ2n) is 7.09.